The van der Waals surface area contributed by atoms with Gasteiger partial charge in [-0.15, -0.1) is 0 Å². The molecule has 0 aliphatic carbocycles. The molecule has 0 bridgehead atoms. The van der Waals surface area contributed by atoms with Crippen LogP contribution in [-0.2, 0) is 9.53 Å². The fraction of sp³-hybridized carbons (Fsp3) is 0.316. The second kappa shape index (κ2) is 8.48. The van der Waals surface area contributed by atoms with E-state index in [4.69, 9.17) is 4.74 Å². The Bertz CT molecular complexity index is 717. The van der Waals surface area contributed by atoms with Gasteiger partial charge < -0.3 is 20.3 Å². The van der Waals surface area contributed by atoms with Gasteiger partial charge in [-0.2, -0.15) is 0 Å². The number of ether oxygens (including phenoxy) is 1. The molecule has 0 aromatic heterocycles. The van der Waals surface area contributed by atoms with Crippen molar-refractivity contribution in [1.29, 1.82) is 0 Å². The van der Waals surface area contributed by atoms with Gasteiger partial charge in [0, 0.05) is 31.7 Å². The standard InChI is InChI=1S/C19H22FN3O2/c20-15-4-3-5-16(14-15)21-9-8-19(24)22-17-6-1-2-7-18(17)23-10-12-25-13-11-23/h1-7,14,21H,8-13H2,(H,22,24). The first-order valence-corrected chi connectivity index (χ1v) is 8.43. The van der Waals surface area contributed by atoms with Crippen LogP contribution in [0.15, 0.2) is 48.5 Å². The average Bonchev–Trinajstić information content (AvgIpc) is 2.63. The van der Waals surface area contributed by atoms with Crippen molar-refractivity contribution in [2.24, 2.45) is 0 Å². The number of carbonyl (C=O) groups excluding carboxylic acids is 1. The Hall–Kier alpha value is -2.60. The van der Waals surface area contributed by atoms with Gasteiger partial charge in [-0.3, -0.25) is 4.79 Å². The van der Waals surface area contributed by atoms with Crippen molar-refractivity contribution in [1.82, 2.24) is 0 Å². The summed E-state index contributed by atoms with van der Waals surface area (Å²) in [5.41, 5.74) is 2.49. The molecule has 25 heavy (non-hydrogen) atoms. The minimum Gasteiger partial charge on any atom is -0.384 e. The number of nitrogens with one attached hydrogen (secondary N) is 2. The van der Waals surface area contributed by atoms with Crippen molar-refractivity contribution in [2.75, 3.05) is 48.4 Å². The Labute approximate surface area is 146 Å². The molecule has 5 nitrogen and oxygen atoms in total. The molecule has 0 spiro atoms. The van der Waals surface area contributed by atoms with Crippen LogP contribution in [0.25, 0.3) is 0 Å². The smallest absolute Gasteiger partial charge is 0.226 e. The summed E-state index contributed by atoms with van der Waals surface area (Å²) in [4.78, 5) is 14.4. The van der Waals surface area contributed by atoms with Crippen LogP contribution in [0.4, 0.5) is 21.5 Å². The van der Waals surface area contributed by atoms with Gasteiger partial charge in [0.15, 0.2) is 0 Å². The summed E-state index contributed by atoms with van der Waals surface area (Å²) in [6, 6.07) is 14.0. The van der Waals surface area contributed by atoms with Gasteiger partial charge in [0.25, 0.3) is 0 Å². The zero-order valence-corrected chi connectivity index (χ0v) is 14.0. The number of hydrogen-bond acceptors (Lipinski definition) is 4. The maximum absolute atomic E-state index is 13.1. The van der Waals surface area contributed by atoms with E-state index in [-0.39, 0.29) is 11.7 Å². The van der Waals surface area contributed by atoms with Crippen molar-refractivity contribution in [3.63, 3.8) is 0 Å². The predicted octanol–water partition coefficient (Wildman–Crippen LogP) is 3.10. The van der Waals surface area contributed by atoms with E-state index in [2.05, 4.69) is 15.5 Å². The Balaban J connectivity index is 1.54. The highest BCUT2D eigenvalue weighted by molar-refractivity contribution is 5.94. The summed E-state index contributed by atoms with van der Waals surface area (Å²) in [5, 5.41) is 6.02. The van der Waals surface area contributed by atoms with Crippen LogP contribution >= 0.6 is 0 Å². The van der Waals surface area contributed by atoms with Gasteiger partial charge in [0.05, 0.1) is 24.6 Å². The molecule has 1 aliphatic rings. The van der Waals surface area contributed by atoms with Crippen LogP contribution < -0.4 is 15.5 Å². The number of amides is 1. The number of morpholine rings is 1. The minimum atomic E-state index is -0.297. The molecule has 1 aliphatic heterocycles. The van der Waals surface area contributed by atoms with E-state index in [0.29, 0.717) is 31.9 Å². The summed E-state index contributed by atoms with van der Waals surface area (Å²) in [6.45, 7) is 3.46. The Morgan fingerprint density at radius 3 is 2.72 bits per heavy atom. The number of nitrogens with zero attached hydrogens (tertiary/aromatic N) is 1. The minimum absolute atomic E-state index is 0.0791. The van der Waals surface area contributed by atoms with Crippen LogP contribution in [0.3, 0.4) is 0 Å². The maximum atomic E-state index is 13.1. The third-order valence-electron chi connectivity index (χ3n) is 4.04. The summed E-state index contributed by atoms with van der Waals surface area (Å²) in [5.74, 6) is -0.376. The zero-order valence-electron chi connectivity index (χ0n) is 14.0. The summed E-state index contributed by atoms with van der Waals surface area (Å²) in [6.07, 6.45) is 0.300. The van der Waals surface area contributed by atoms with E-state index in [1.165, 1.54) is 12.1 Å². The first-order valence-electron chi connectivity index (χ1n) is 8.43. The fourth-order valence-corrected chi connectivity index (χ4v) is 2.79. The van der Waals surface area contributed by atoms with E-state index >= 15 is 0 Å². The third kappa shape index (κ3) is 4.93. The number of benzene rings is 2. The zero-order chi connectivity index (χ0) is 17.5. The Morgan fingerprint density at radius 2 is 1.92 bits per heavy atom. The molecule has 2 aromatic rings. The first-order chi connectivity index (χ1) is 12.2. The third-order valence-corrected chi connectivity index (χ3v) is 4.04. The largest absolute Gasteiger partial charge is 0.384 e. The number of halogens is 1. The molecule has 6 heteroatoms. The summed E-state index contributed by atoms with van der Waals surface area (Å²) < 4.78 is 18.5. The SMILES string of the molecule is O=C(CCNc1cccc(F)c1)Nc1ccccc1N1CCOCC1. The Morgan fingerprint density at radius 1 is 1.12 bits per heavy atom. The van der Waals surface area contributed by atoms with Gasteiger partial charge in [-0.1, -0.05) is 18.2 Å². The molecule has 1 heterocycles. The van der Waals surface area contributed by atoms with Crippen molar-refractivity contribution in [3.8, 4) is 0 Å². The molecular weight excluding hydrogens is 321 g/mol. The van der Waals surface area contributed by atoms with Crippen LogP contribution in [-0.4, -0.2) is 38.8 Å². The second-order valence-electron chi connectivity index (χ2n) is 5.85. The van der Waals surface area contributed by atoms with E-state index in [9.17, 15) is 9.18 Å². The highest BCUT2D eigenvalue weighted by atomic mass is 19.1. The summed E-state index contributed by atoms with van der Waals surface area (Å²) in [7, 11) is 0. The van der Waals surface area contributed by atoms with Gasteiger partial charge in [-0.25, -0.2) is 4.39 Å². The monoisotopic (exact) mass is 343 g/mol. The highest BCUT2D eigenvalue weighted by Crippen LogP contribution is 2.26. The van der Waals surface area contributed by atoms with Crippen molar-refractivity contribution in [3.05, 3.63) is 54.3 Å². The van der Waals surface area contributed by atoms with E-state index in [1.807, 2.05) is 24.3 Å². The molecule has 0 atom stereocenters. The van der Waals surface area contributed by atoms with Crippen molar-refractivity contribution in [2.45, 2.75) is 6.42 Å². The Kier molecular flexibility index (Phi) is 5.85. The molecule has 1 fully saturated rings. The number of carbonyl (C=O) groups is 1. The molecule has 2 N–H and O–H groups in total. The topological polar surface area (TPSA) is 53.6 Å². The lowest BCUT2D eigenvalue weighted by Gasteiger charge is -2.30. The molecule has 132 valence electrons. The number of para-hydroxylation sites is 2. The maximum Gasteiger partial charge on any atom is 0.226 e. The predicted molar refractivity (Wildman–Crippen MR) is 97.6 cm³/mol. The van der Waals surface area contributed by atoms with Crippen LogP contribution in [0.5, 0.6) is 0 Å². The van der Waals surface area contributed by atoms with Gasteiger partial charge in [0.1, 0.15) is 5.82 Å². The molecule has 1 amide bonds. The molecule has 2 aromatic carbocycles. The molecule has 3 rings (SSSR count). The molecule has 0 unspecified atom stereocenters. The van der Waals surface area contributed by atoms with Gasteiger partial charge >= 0.3 is 0 Å². The normalized spacial score (nSPS) is 14.2. The quantitative estimate of drug-likeness (QED) is 0.846. The van der Waals surface area contributed by atoms with Crippen LogP contribution in [0.2, 0.25) is 0 Å². The first kappa shape index (κ1) is 17.2. The number of anilines is 3. The number of rotatable bonds is 6. The number of hydrogen-bond donors (Lipinski definition) is 2. The van der Waals surface area contributed by atoms with Crippen molar-refractivity contribution >= 4 is 23.0 Å². The lowest BCUT2D eigenvalue weighted by atomic mass is 10.2. The average molecular weight is 343 g/mol. The lowest BCUT2D eigenvalue weighted by Crippen LogP contribution is -2.36. The summed E-state index contributed by atoms with van der Waals surface area (Å²) >= 11 is 0. The van der Waals surface area contributed by atoms with Crippen LogP contribution in [0, 0.1) is 5.82 Å². The highest BCUT2D eigenvalue weighted by Gasteiger charge is 2.15. The van der Waals surface area contributed by atoms with E-state index in [0.717, 1.165) is 24.5 Å². The molecular formula is C19H22FN3O2. The molecule has 0 radical (unpaired) electrons. The second-order valence-corrected chi connectivity index (χ2v) is 5.85. The lowest BCUT2D eigenvalue weighted by molar-refractivity contribution is -0.115. The van der Waals surface area contributed by atoms with Crippen molar-refractivity contribution < 1.29 is 13.9 Å². The van der Waals surface area contributed by atoms with E-state index < -0.39 is 0 Å². The fourth-order valence-electron chi connectivity index (χ4n) is 2.79. The van der Waals surface area contributed by atoms with Gasteiger partial charge in [-0.05, 0) is 30.3 Å². The molecule has 0 saturated carbocycles. The van der Waals surface area contributed by atoms with Gasteiger partial charge in [0.2, 0.25) is 5.91 Å². The molecule has 1 saturated heterocycles. The van der Waals surface area contributed by atoms with E-state index in [1.54, 1.807) is 12.1 Å². The van der Waals surface area contributed by atoms with Crippen LogP contribution in [0.1, 0.15) is 6.42 Å².